The Labute approximate surface area is 197 Å². The second-order valence-corrected chi connectivity index (χ2v) is 9.37. The van der Waals surface area contributed by atoms with E-state index in [2.05, 4.69) is 25.0 Å². The van der Waals surface area contributed by atoms with Gasteiger partial charge in [0.2, 0.25) is 5.95 Å². The first-order valence-corrected chi connectivity index (χ1v) is 11.8. The van der Waals surface area contributed by atoms with Gasteiger partial charge in [-0.05, 0) is 36.2 Å². The number of nitrogens with zero attached hydrogens (tertiary/aromatic N) is 5. The molecule has 35 heavy (non-hydrogen) atoms. The molecule has 2 aromatic carbocycles. The first-order chi connectivity index (χ1) is 16.7. The Morgan fingerprint density at radius 3 is 2.51 bits per heavy atom. The number of sulfonamides is 1. The molecular formula is C22H17F3N6O3S. The molecule has 0 saturated heterocycles. The highest BCUT2D eigenvalue weighted by atomic mass is 32.2. The van der Waals surface area contributed by atoms with Gasteiger partial charge in [-0.15, -0.1) is 5.10 Å². The van der Waals surface area contributed by atoms with Gasteiger partial charge in [-0.2, -0.15) is 13.2 Å². The van der Waals surface area contributed by atoms with E-state index in [1.165, 1.54) is 47.7 Å². The molecule has 0 saturated carbocycles. The van der Waals surface area contributed by atoms with E-state index in [1.54, 1.807) is 12.1 Å². The van der Waals surface area contributed by atoms with Crippen LogP contribution in [0.1, 0.15) is 29.0 Å². The van der Waals surface area contributed by atoms with Crippen LogP contribution < -0.4 is 9.46 Å². The molecule has 0 radical (unpaired) electrons. The fourth-order valence-corrected chi connectivity index (χ4v) is 4.91. The van der Waals surface area contributed by atoms with Gasteiger partial charge in [0, 0.05) is 29.9 Å². The van der Waals surface area contributed by atoms with Gasteiger partial charge in [0.15, 0.2) is 0 Å². The summed E-state index contributed by atoms with van der Waals surface area (Å²) in [4.78, 5) is 7.66. The molecule has 0 spiro atoms. The second-order valence-electron chi connectivity index (χ2n) is 7.69. The molecule has 9 nitrogen and oxygen atoms in total. The number of nitrogens with one attached hydrogen (secondary N) is 1. The maximum atomic E-state index is 13.4. The van der Waals surface area contributed by atoms with Crippen molar-refractivity contribution in [2.45, 2.75) is 23.4 Å². The van der Waals surface area contributed by atoms with Crippen LogP contribution in [0.3, 0.4) is 0 Å². The number of ether oxygens (including phenoxy) is 1. The molecular weight excluding hydrogens is 485 g/mol. The lowest BCUT2D eigenvalue weighted by Crippen LogP contribution is -2.19. The van der Waals surface area contributed by atoms with Gasteiger partial charge < -0.3 is 4.74 Å². The summed E-state index contributed by atoms with van der Waals surface area (Å²) in [5, 5.41) is 7.59. The third kappa shape index (κ3) is 4.54. The Kier molecular flexibility index (Phi) is 5.63. The average molecular weight is 502 g/mol. The van der Waals surface area contributed by atoms with Gasteiger partial charge in [0.25, 0.3) is 10.0 Å². The highest BCUT2D eigenvalue weighted by Gasteiger charge is 2.33. The summed E-state index contributed by atoms with van der Waals surface area (Å²) >= 11 is 0. The van der Waals surface area contributed by atoms with Crippen molar-refractivity contribution in [2.24, 2.45) is 0 Å². The lowest BCUT2D eigenvalue weighted by Gasteiger charge is -2.28. The van der Waals surface area contributed by atoms with Crippen LogP contribution in [-0.4, -0.2) is 40.0 Å². The van der Waals surface area contributed by atoms with E-state index in [1.807, 2.05) is 0 Å². The summed E-state index contributed by atoms with van der Waals surface area (Å²) in [5.74, 6) is -0.115. The van der Waals surface area contributed by atoms with E-state index < -0.39 is 21.8 Å². The topological polar surface area (TPSA) is 112 Å². The van der Waals surface area contributed by atoms with Gasteiger partial charge >= 0.3 is 6.18 Å². The Morgan fingerprint density at radius 1 is 1.03 bits per heavy atom. The fraction of sp³-hybridized carbons (Fsp3) is 0.182. The number of benzene rings is 2. The molecule has 5 rings (SSSR count). The number of fused-ring (bicyclic) bond motifs is 1. The molecule has 180 valence electrons. The molecule has 0 aliphatic carbocycles. The minimum Gasteiger partial charge on any atom is -0.493 e. The van der Waals surface area contributed by atoms with E-state index in [-0.39, 0.29) is 29.1 Å². The van der Waals surface area contributed by atoms with Crippen molar-refractivity contribution in [1.29, 1.82) is 0 Å². The quantitative estimate of drug-likeness (QED) is 0.442. The van der Waals surface area contributed by atoms with Gasteiger partial charge in [-0.1, -0.05) is 17.3 Å². The van der Waals surface area contributed by atoms with Gasteiger partial charge in [-0.3, -0.25) is 0 Å². The minimum absolute atomic E-state index is 0.0618. The van der Waals surface area contributed by atoms with Crippen molar-refractivity contribution < 1.29 is 26.3 Å². The van der Waals surface area contributed by atoms with E-state index in [9.17, 15) is 21.6 Å². The number of alkyl halides is 3. The van der Waals surface area contributed by atoms with Crippen molar-refractivity contribution >= 4 is 16.0 Å². The number of aromatic nitrogens is 5. The van der Waals surface area contributed by atoms with Crippen LogP contribution in [0.15, 0.2) is 72.1 Å². The van der Waals surface area contributed by atoms with Crippen LogP contribution in [0.2, 0.25) is 0 Å². The van der Waals surface area contributed by atoms with Crippen molar-refractivity contribution in [3.63, 3.8) is 0 Å². The van der Waals surface area contributed by atoms with Crippen molar-refractivity contribution in [1.82, 2.24) is 25.0 Å². The third-order valence-corrected chi connectivity index (χ3v) is 6.85. The Morgan fingerprint density at radius 2 is 1.80 bits per heavy atom. The zero-order valence-corrected chi connectivity index (χ0v) is 18.7. The lowest BCUT2D eigenvalue weighted by atomic mass is 9.85. The number of hydrogen-bond acceptors (Lipinski definition) is 7. The summed E-state index contributed by atoms with van der Waals surface area (Å²) < 4.78 is 75.1. The van der Waals surface area contributed by atoms with Crippen molar-refractivity contribution in [3.8, 4) is 11.4 Å². The number of hydrogen-bond donors (Lipinski definition) is 1. The molecule has 13 heteroatoms. The van der Waals surface area contributed by atoms with E-state index >= 15 is 0 Å². The zero-order chi connectivity index (χ0) is 24.6. The molecule has 1 N–H and O–H groups in total. The summed E-state index contributed by atoms with van der Waals surface area (Å²) in [5.41, 5.74) is 0.649. The first-order valence-electron chi connectivity index (χ1n) is 10.4. The summed E-state index contributed by atoms with van der Waals surface area (Å²) in [6, 6.07) is 9.41. The van der Waals surface area contributed by atoms with Crippen LogP contribution in [0, 0.1) is 0 Å². The van der Waals surface area contributed by atoms with Crippen LogP contribution in [0.4, 0.5) is 19.1 Å². The number of rotatable bonds is 5. The van der Waals surface area contributed by atoms with Crippen molar-refractivity contribution in [3.05, 3.63) is 83.9 Å². The zero-order valence-electron chi connectivity index (χ0n) is 17.8. The smallest absolute Gasteiger partial charge is 0.416 e. The number of anilines is 1. The molecule has 0 amide bonds. The highest BCUT2D eigenvalue weighted by molar-refractivity contribution is 7.92. The average Bonchev–Trinajstić information content (AvgIpc) is 3.38. The van der Waals surface area contributed by atoms with E-state index in [0.717, 1.165) is 12.1 Å². The monoisotopic (exact) mass is 502 g/mol. The highest BCUT2D eigenvalue weighted by Crippen LogP contribution is 2.42. The molecule has 1 aliphatic rings. The summed E-state index contributed by atoms with van der Waals surface area (Å²) in [7, 11) is -4.00. The predicted molar refractivity (Wildman–Crippen MR) is 118 cm³/mol. The molecule has 1 atom stereocenters. The number of halogens is 3. The standard InChI is InChI=1S/C22H17F3N6O3S/c23-22(24,25)14-2-4-17(19(12-14)31-10-9-28-30-31)16-6-11-34-20-13-15(3-5-18(16)20)35(32,33)29-21-26-7-1-8-27-21/h1-5,7-10,12-13,16H,6,11H2,(H,26,27,29)/t16-/m0/s1. The second kappa shape index (κ2) is 8.65. The molecule has 2 aromatic heterocycles. The van der Waals surface area contributed by atoms with Gasteiger partial charge in [-0.25, -0.2) is 27.8 Å². The molecule has 0 unspecified atom stereocenters. The van der Waals surface area contributed by atoms with Crippen LogP contribution in [0.25, 0.3) is 5.69 Å². The largest absolute Gasteiger partial charge is 0.493 e. The molecule has 3 heterocycles. The Balaban J connectivity index is 1.54. The van der Waals surface area contributed by atoms with E-state index in [4.69, 9.17) is 4.74 Å². The van der Waals surface area contributed by atoms with E-state index in [0.29, 0.717) is 23.3 Å². The third-order valence-electron chi connectivity index (χ3n) is 5.53. The molecule has 1 aliphatic heterocycles. The van der Waals surface area contributed by atoms with Crippen LogP contribution in [-0.2, 0) is 16.2 Å². The molecule has 4 aromatic rings. The van der Waals surface area contributed by atoms with Crippen molar-refractivity contribution in [2.75, 3.05) is 11.3 Å². The molecule has 0 bridgehead atoms. The predicted octanol–water partition coefficient (Wildman–Crippen LogP) is 3.79. The first kappa shape index (κ1) is 22.8. The minimum atomic E-state index is -4.53. The SMILES string of the molecule is O=S(=O)(Nc1ncccn1)c1ccc2c(c1)OCC[C@H]2c1ccc(C(F)(F)F)cc1-n1ccnn1. The maximum absolute atomic E-state index is 13.4. The Bertz CT molecular complexity index is 1460. The van der Waals surface area contributed by atoms with Gasteiger partial charge in [0.05, 0.1) is 35.1 Å². The fourth-order valence-electron chi connectivity index (χ4n) is 3.94. The Hall–Kier alpha value is -4.00. The van der Waals surface area contributed by atoms with Crippen LogP contribution >= 0.6 is 0 Å². The lowest BCUT2D eigenvalue weighted by molar-refractivity contribution is -0.137. The normalized spacial score (nSPS) is 15.8. The maximum Gasteiger partial charge on any atom is 0.416 e. The molecule has 0 fully saturated rings. The van der Waals surface area contributed by atoms with Crippen LogP contribution in [0.5, 0.6) is 5.75 Å². The van der Waals surface area contributed by atoms with Gasteiger partial charge in [0.1, 0.15) is 5.75 Å². The summed E-state index contributed by atoms with van der Waals surface area (Å²) in [6.45, 7) is 0.244. The summed E-state index contributed by atoms with van der Waals surface area (Å²) in [6.07, 6.45) is 1.60.